The van der Waals surface area contributed by atoms with Crippen LogP contribution in [0.25, 0.3) is 16.9 Å². The molecule has 0 atom stereocenters. The van der Waals surface area contributed by atoms with Crippen LogP contribution in [0.4, 0.5) is 18.9 Å². The highest BCUT2D eigenvalue weighted by molar-refractivity contribution is 6.04. The first-order valence-corrected chi connectivity index (χ1v) is 11.2. The van der Waals surface area contributed by atoms with E-state index in [1.807, 2.05) is 33.0 Å². The van der Waals surface area contributed by atoms with Crippen molar-refractivity contribution in [2.75, 3.05) is 26.0 Å². The molecule has 2 heterocycles. The van der Waals surface area contributed by atoms with Gasteiger partial charge in [-0.2, -0.15) is 18.3 Å². The average Bonchev–Trinajstić information content (AvgIpc) is 3.44. The monoisotopic (exact) mass is 497 g/mol. The Hall–Kier alpha value is -3.99. The number of likely N-dealkylation sites (N-methyl/N-ethyl adjacent to an activating group) is 1. The maximum Gasteiger partial charge on any atom is 0.416 e. The van der Waals surface area contributed by atoms with Gasteiger partial charge in [0, 0.05) is 36.1 Å². The molecule has 1 N–H and O–H groups in total. The third-order valence-electron chi connectivity index (χ3n) is 5.80. The standard InChI is InChI=1S/C25H26F3N7O/c1-16-22(14-29-34(16)4)23-15-35(32-31-23)21-7-5-6-18(12-21)24(36)30-20-11-17(8-9-33(2)3)10-19(13-20)25(26,27)28/h5-7,10-15H,8-9H2,1-4H3,(H,30,36). The molecule has 0 aliphatic heterocycles. The zero-order valence-electron chi connectivity index (χ0n) is 20.3. The van der Waals surface area contributed by atoms with Gasteiger partial charge in [-0.25, -0.2) is 4.68 Å². The summed E-state index contributed by atoms with van der Waals surface area (Å²) >= 11 is 0. The number of nitrogens with one attached hydrogen (secondary N) is 1. The Morgan fingerprint density at radius 3 is 2.58 bits per heavy atom. The smallest absolute Gasteiger partial charge is 0.322 e. The number of hydrogen-bond acceptors (Lipinski definition) is 5. The van der Waals surface area contributed by atoms with Gasteiger partial charge < -0.3 is 10.2 Å². The van der Waals surface area contributed by atoms with Gasteiger partial charge in [0.25, 0.3) is 5.91 Å². The first-order valence-electron chi connectivity index (χ1n) is 11.2. The summed E-state index contributed by atoms with van der Waals surface area (Å²) in [5, 5.41) is 15.2. The van der Waals surface area contributed by atoms with Crippen LogP contribution in [-0.4, -0.2) is 56.2 Å². The second-order valence-corrected chi connectivity index (χ2v) is 8.79. The molecule has 1 amide bonds. The second-order valence-electron chi connectivity index (χ2n) is 8.79. The Bertz CT molecular complexity index is 1390. The molecule has 0 aliphatic rings. The molecular formula is C25H26F3N7O. The van der Waals surface area contributed by atoms with E-state index in [9.17, 15) is 18.0 Å². The number of benzene rings is 2. The van der Waals surface area contributed by atoms with Crippen LogP contribution in [0.2, 0.25) is 0 Å². The Labute approximate surface area is 206 Å². The van der Waals surface area contributed by atoms with E-state index in [-0.39, 0.29) is 11.3 Å². The molecule has 11 heteroatoms. The van der Waals surface area contributed by atoms with Gasteiger partial charge in [0.15, 0.2) is 0 Å². The van der Waals surface area contributed by atoms with Crippen LogP contribution in [0.15, 0.2) is 54.9 Å². The van der Waals surface area contributed by atoms with Crippen LogP contribution in [0.3, 0.4) is 0 Å². The molecule has 0 saturated carbocycles. The second kappa shape index (κ2) is 9.94. The van der Waals surface area contributed by atoms with E-state index in [4.69, 9.17) is 0 Å². The quantitative estimate of drug-likeness (QED) is 0.411. The van der Waals surface area contributed by atoms with Crippen molar-refractivity contribution < 1.29 is 18.0 Å². The SMILES string of the molecule is Cc1c(-c2cn(-c3cccc(C(=O)Nc4cc(CCN(C)C)cc(C(F)(F)F)c4)c3)nn2)cnn1C. The van der Waals surface area contributed by atoms with E-state index in [1.165, 1.54) is 4.68 Å². The number of rotatable bonds is 7. The third kappa shape index (κ3) is 5.62. The highest BCUT2D eigenvalue weighted by atomic mass is 19.4. The fourth-order valence-corrected chi connectivity index (χ4v) is 3.68. The average molecular weight is 498 g/mol. The van der Waals surface area contributed by atoms with Crippen molar-refractivity contribution in [2.45, 2.75) is 19.5 Å². The molecule has 0 fully saturated rings. The third-order valence-corrected chi connectivity index (χ3v) is 5.80. The molecular weight excluding hydrogens is 471 g/mol. The van der Waals surface area contributed by atoms with Crippen molar-refractivity contribution in [1.29, 1.82) is 0 Å². The van der Waals surface area contributed by atoms with E-state index in [2.05, 4.69) is 20.7 Å². The Kier molecular flexibility index (Phi) is 6.93. The van der Waals surface area contributed by atoms with Gasteiger partial charge in [0.1, 0.15) is 5.69 Å². The number of halogens is 3. The molecule has 188 valence electrons. The number of anilines is 1. The van der Waals surface area contributed by atoms with E-state index in [1.54, 1.807) is 47.4 Å². The summed E-state index contributed by atoms with van der Waals surface area (Å²) in [6.07, 6.45) is -0.675. The number of aryl methyl sites for hydroxylation is 1. The van der Waals surface area contributed by atoms with E-state index in [0.29, 0.717) is 29.9 Å². The number of alkyl halides is 3. The molecule has 0 saturated heterocycles. The maximum atomic E-state index is 13.5. The molecule has 0 spiro atoms. The summed E-state index contributed by atoms with van der Waals surface area (Å²) in [6, 6.07) is 10.3. The Morgan fingerprint density at radius 2 is 1.92 bits per heavy atom. The lowest BCUT2D eigenvalue weighted by Gasteiger charge is -2.15. The minimum atomic E-state index is -4.52. The van der Waals surface area contributed by atoms with Crippen LogP contribution in [0.1, 0.15) is 27.2 Å². The lowest BCUT2D eigenvalue weighted by molar-refractivity contribution is -0.137. The lowest BCUT2D eigenvalue weighted by Crippen LogP contribution is -2.17. The Balaban J connectivity index is 1.57. The molecule has 0 aliphatic carbocycles. The highest BCUT2D eigenvalue weighted by Gasteiger charge is 2.31. The van der Waals surface area contributed by atoms with Gasteiger partial charge in [-0.1, -0.05) is 11.3 Å². The molecule has 0 unspecified atom stereocenters. The van der Waals surface area contributed by atoms with E-state index < -0.39 is 17.6 Å². The van der Waals surface area contributed by atoms with Crippen LogP contribution in [0.5, 0.6) is 0 Å². The van der Waals surface area contributed by atoms with Gasteiger partial charge in [0.05, 0.1) is 23.6 Å². The van der Waals surface area contributed by atoms with Crippen LogP contribution in [-0.2, 0) is 19.6 Å². The first-order chi connectivity index (χ1) is 17.0. The molecule has 2 aromatic carbocycles. The van der Waals surface area contributed by atoms with Gasteiger partial charge in [-0.05, 0) is 69.4 Å². The van der Waals surface area contributed by atoms with E-state index >= 15 is 0 Å². The minimum Gasteiger partial charge on any atom is -0.322 e. The summed E-state index contributed by atoms with van der Waals surface area (Å²) < 4.78 is 43.6. The van der Waals surface area contributed by atoms with E-state index in [0.717, 1.165) is 23.4 Å². The summed E-state index contributed by atoms with van der Waals surface area (Å²) in [4.78, 5) is 14.8. The minimum absolute atomic E-state index is 0.0871. The molecule has 0 radical (unpaired) electrons. The number of hydrogen-bond donors (Lipinski definition) is 1. The summed E-state index contributed by atoms with van der Waals surface area (Å²) in [5.74, 6) is -0.529. The molecule has 2 aromatic heterocycles. The molecule has 36 heavy (non-hydrogen) atoms. The van der Waals surface area contributed by atoms with Crippen LogP contribution >= 0.6 is 0 Å². The largest absolute Gasteiger partial charge is 0.416 e. The van der Waals surface area contributed by atoms with Crippen molar-refractivity contribution in [3.63, 3.8) is 0 Å². The van der Waals surface area contributed by atoms with Gasteiger partial charge >= 0.3 is 6.18 Å². The zero-order valence-corrected chi connectivity index (χ0v) is 20.3. The molecule has 8 nitrogen and oxygen atoms in total. The zero-order chi connectivity index (χ0) is 26.0. The number of amides is 1. The lowest BCUT2D eigenvalue weighted by atomic mass is 10.1. The Morgan fingerprint density at radius 1 is 1.14 bits per heavy atom. The number of carbonyl (C=O) groups is 1. The highest BCUT2D eigenvalue weighted by Crippen LogP contribution is 2.32. The van der Waals surface area contributed by atoms with Crippen molar-refractivity contribution in [2.24, 2.45) is 7.05 Å². The number of nitrogens with zero attached hydrogens (tertiary/aromatic N) is 6. The van der Waals surface area contributed by atoms with Crippen molar-refractivity contribution in [3.8, 4) is 16.9 Å². The molecule has 4 aromatic rings. The summed E-state index contributed by atoms with van der Waals surface area (Å²) in [6.45, 7) is 2.50. The molecule has 0 bridgehead atoms. The fourth-order valence-electron chi connectivity index (χ4n) is 3.68. The van der Waals surface area contributed by atoms with Gasteiger partial charge in [0.2, 0.25) is 0 Å². The summed E-state index contributed by atoms with van der Waals surface area (Å²) in [5.41, 5.74) is 3.03. The number of carbonyl (C=O) groups excluding carboxylic acids is 1. The van der Waals surface area contributed by atoms with Crippen molar-refractivity contribution in [3.05, 3.63) is 77.2 Å². The normalized spacial score (nSPS) is 11.8. The van der Waals surface area contributed by atoms with Crippen LogP contribution in [0, 0.1) is 6.92 Å². The topological polar surface area (TPSA) is 80.9 Å². The van der Waals surface area contributed by atoms with Crippen molar-refractivity contribution >= 4 is 11.6 Å². The predicted molar refractivity (Wildman–Crippen MR) is 130 cm³/mol. The van der Waals surface area contributed by atoms with Gasteiger partial charge in [-0.15, -0.1) is 5.10 Å². The number of aromatic nitrogens is 5. The maximum absolute atomic E-state index is 13.5. The summed E-state index contributed by atoms with van der Waals surface area (Å²) in [7, 11) is 5.53. The van der Waals surface area contributed by atoms with Crippen LogP contribution < -0.4 is 5.32 Å². The fraction of sp³-hybridized carbons (Fsp3) is 0.280. The molecule has 4 rings (SSSR count). The van der Waals surface area contributed by atoms with Gasteiger partial charge in [-0.3, -0.25) is 9.48 Å². The predicted octanol–water partition coefficient (Wildman–Crippen LogP) is 4.35. The first kappa shape index (κ1) is 25.1. The van der Waals surface area contributed by atoms with Crippen molar-refractivity contribution in [1.82, 2.24) is 29.7 Å².